The lowest BCUT2D eigenvalue weighted by Crippen LogP contribution is -2.51. The van der Waals surface area contributed by atoms with Gasteiger partial charge in [-0.2, -0.15) is 0 Å². The van der Waals surface area contributed by atoms with E-state index in [0.717, 1.165) is 13.0 Å². The number of nitrogens with zero attached hydrogens (tertiary/aromatic N) is 2. The summed E-state index contributed by atoms with van der Waals surface area (Å²) in [6, 6.07) is 11.1. The molecule has 0 bridgehead atoms. The van der Waals surface area contributed by atoms with E-state index in [9.17, 15) is 0 Å². The van der Waals surface area contributed by atoms with Crippen LogP contribution in [0.3, 0.4) is 0 Å². The van der Waals surface area contributed by atoms with Gasteiger partial charge in [-0.05, 0) is 62.2 Å². The molecule has 0 aromatic heterocycles. The normalized spacial score (nSPS) is 25.7. The first kappa shape index (κ1) is 16.9. The van der Waals surface area contributed by atoms with Crippen molar-refractivity contribution in [2.75, 3.05) is 45.9 Å². The van der Waals surface area contributed by atoms with E-state index in [0.29, 0.717) is 17.9 Å². The van der Waals surface area contributed by atoms with E-state index in [1.165, 1.54) is 57.5 Å². The van der Waals surface area contributed by atoms with Gasteiger partial charge in [0.15, 0.2) is 0 Å². The van der Waals surface area contributed by atoms with Crippen molar-refractivity contribution in [1.29, 1.82) is 0 Å². The molecule has 2 aliphatic heterocycles. The van der Waals surface area contributed by atoms with Crippen molar-refractivity contribution in [3.63, 3.8) is 0 Å². The molecule has 1 N–H and O–H groups in total. The van der Waals surface area contributed by atoms with Gasteiger partial charge in [-0.25, -0.2) is 0 Å². The molecule has 3 heteroatoms. The van der Waals surface area contributed by atoms with Crippen LogP contribution in [0.2, 0.25) is 0 Å². The molecule has 23 heavy (non-hydrogen) atoms. The number of hydrogen-bond acceptors (Lipinski definition) is 3. The summed E-state index contributed by atoms with van der Waals surface area (Å²) >= 11 is 0. The predicted molar refractivity (Wildman–Crippen MR) is 95.7 cm³/mol. The van der Waals surface area contributed by atoms with Gasteiger partial charge in [0.2, 0.25) is 0 Å². The number of likely N-dealkylation sites (tertiary alicyclic amines) is 2. The highest BCUT2D eigenvalue weighted by atomic mass is 16.3. The number of likely N-dealkylation sites (N-methyl/N-ethyl adjacent to an activating group) is 1. The summed E-state index contributed by atoms with van der Waals surface area (Å²) in [5.41, 5.74) is 2.03. The Hall–Kier alpha value is -0.900. The molecule has 1 spiro atoms. The van der Waals surface area contributed by atoms with Gasteiger partial charge in [-0.1, -0.05) is 37.3 Å². The Morgan fingerprint density at radius 2 is 1.87 bits per heavy atom. The highest BCUT2D eigenvalue weighted by molar-refractivity contribution is 5.21. The Labute approximate surface area is 141 Å². The summed E-state index contributed by atoms with van der Waals surface area (Å²) in [7, 11) is 0. The zero-order valence-corrected chi connectivity index (χ0v) is 14.6. The van der Waals surface area contributed by atoms with E-state index in [1.54, 1.807) is 0 Å². The van der Waals surface area contributed by atoms with Crippen LogP contribution < -0.4 is 0 Å². The summed E-state index contributed by atoms with van der Waals surface area (Å²) in [6.45, 7) is 9.76. The maximum Gasteiger partial charge on any atom is 0.0443 e. The average Bonchev–Trinajstić information content (AvgIpc) is 2.62. The summed E-state index contributed by atoms with van der Waals surface area (Å²) < 4.78 is 0. The second-order valence-corrected chi connectivity index (χ2v) is 7.56. The number of benzene rings is 1. The molecule has 0 aliphatic carbocycles. The van der Waals surface area contributed by atoms with Crippen molar-refractivity contribution in [3.05, 3.63) is 35.9 Å². The van der Waals surface area contributed by atoms with Crippen LogP contribution in [0.15, 0.2) is 30.3 Å². The second kappa shape index (κ2) is 7.78. The minimum absolute atomic E-state index is 0.321. The second-order valence-electron chi connectivity index (χ2n) is 7.56. The SMILES string of the molecule is CCN1C[C@@H](c2ccccc2)CC2(CCN(CCCO)CC2)C1. The van der Waals surface area contributed by atoms with Gasteiger partial charge in [0.1, 0.15) is 0 Å². The van der Waals surface area contributed by atoms with Crippen LogP contribution >= 0.6 is 0 Å². The lowest BCUT2D eigenvalue weighted by atomic mass is 9.68. The van der Waals surface area contributed by atoms with Gasteiger partial charge >= 0.3 is 0 Å². The molecule has 0 radical (unpaired) electrons. The van der Waals surface area contributed by atoms with Crippen LogP contribution in [0.25, 0.3) is 0 Å². The van der Waals surface area contributed by atoms with E-state index in [2.05, 4.69) is 47.1 Å². The molecule has 2 saturated heterocycles. The van der Waals surface area contributed by atoms with E-state index in [4.69, 9.17) is 5.11 Å². The van der Waals surface area contributed by atoms with E-state index in [-0.39, 0.29) is 0 Å². The molecule has 3 nitrogen and oxygen atoms in total. The van der Waals surface area contributed by atoms with Crippen molar-refractivity contribution < 1.29 is 5.11 Å². The van der Waals surface area contributed by atoms with Crippen molar-refractivity contribution in [1.82, 2.24) is 9.80 Å². The van der Waals surface area contributed by atoms with Crippen LogP contribution in [0.4, 0.5) is 0 Å². The van der Waals surface area contributed by atoms with Crippen LogP contribution in [0.5, 0.6) is 0 Å². The number of piperidine rings is 2. The first-order valence-corrected chi connectivity index (χ1v) is 9.35. The molecule has 1 atom stereocenters. The third kappa shape index (κ3) is 4.14. The topological polar surface area (TPSA) is 26.7 Å². The van der Waals surface area contributed by atoms with E-state index < -0.39 is 0 Å². The van der Waals surface area contributed by atoms with E-state index >= 15 is 0 Å². The van der Waals surface area contributed by atoms with Gasteiger partial charge in [-0.3, -0.25) is 0 Å². The highest BCUT2D eigenvalue weighted by Gasteiger charge is 2.41. The maximum atomic E-state index is 9.03. The smallest absolute Gasteiger partial charge is 0.0443 e. The van der Waals surface area contributed by atoms with Crippen molar-refractivity contribution in [2.24, 2.45) is 5.41 Å². The molecule has 0 amide bonds. The molecular weight excluding hydrogens is 284 g/mol. The Morgan fingerprint density at radius 3 is 2.52 bits per heavy atom. The van der Waals surface area contributed by atoms with Crippen LogP contribution in [0.1, 0.15) is 44.1 Å². The predicted octanol–water partition coefficient (Wildman–Crippen LogP) is 2.96. The average molecular weight is 316 g/mol. The highest BCUT2D eigenvalue weighted by Crippen LogP contribution is 2.44. The van der Waals surface area contributed by atoms with Crippen LogP contribution in [-0.4, -0.2) is 60.8 Å². The Morgan fingerprint density at radius 1 is 1.13 bits per heavy atom. The molecular formula is C20H32N2O. The van der Waals surface area contributed by atoms with Crippen molar-refractivity contribution in [2.45, 2.75) is 38.5 Å². The molecule has 128 valence electrons. The van der Waals surface area contributed by atoms with E-state index in [1.807, 2.05) is 0 Å². The molecule has 2 heterocycles. The fourth-order valence-corrected chi connectivity index (χ4v) is 4.60. The Kier molecular flexibility index (Phi) is 5.73. The van der Waals surface area contributed by atoms with Crippen LogP contribution in [0, 0.1) is 5.41 Å². The van der Waals surface area contributed by atoms with Crippen molar-refractivity contribution >= 4 is 0 Å². The largest absolute Gasteiger partial charge is 0.396 e. The molecule has 2 aliphatic rings. The third-order valence-electron chi connectivity index (χ3n) is 5.98. The number of hydrogen-bond donors (Lipinski definition) is 1. The zero-order valence-electron chi connectivity index (χ0n) is 14.6. The standard InChI is InChI=1S/C20H32N2O/c1-2-21-16-19(18-7-4-3-5-8-18)15-20(17-21)9-12-22(13-10-20)11-6-14-23/h3-5,7-8,19,23H,2,6,9-17H2,1H3/t19-/m0/s1. The summed E-state index contributed by atoms with van der Waals surface area (Å²) in [4.78, 5) is 5.22. The molecule has 2 fully saturated rings. The van der Waals surface area contributed by atoms with Gasteiger partial charge in [0.25, 0.3) is 0 Å². The first-order valence-electron chi connectivity index (χ1n) is 9.35. The van der Waals surface area contributed by atoms with Gasteiger partial charge in [0.05, 0.1) is 0 Å². The minimum Gasteiger partial charge on any atom is -0.396 e. The third-order valence-corrected chi connectivity index (χ3v) is 5.98. The van der Waals surface area contributed by atoms with Crippen molar-refractivity contribution in [3.8, 4) is 0 Å². The number of aliphatic hydroxyl groups is 1. The number of rotatable bonds is 5. The van der Waals surface area contributed by atoms with Crippen LogP contribution in [-0.2, 0) is 0 Å². The monoisotopic (exact) mass is 316 g/mol. The lowest BCUT2D eigenvalue weighted by Gasteiger charge is -2.50. The summed E-state index contributed by atoms with van der Waals surface area (Å²) in [5, 5.41) is 9.03. The molecule has 1 aromatic rings. The lowest BCUT2D eigenvalue weighted by molar-refractivity contribution is 0.0147. The van der Waals surface area contributed by atoms with Gasteiger partial charge in [-0.15, -0.1) is 0 Å². The Balaban J connectivity index is 1.67. The fourth-order valence-electron chi connectivity index (χ4n) is 4.60. The zero-order chi connectivity index (χ0) is 16.1. The van der Waals surface area contributed by atoms with Gasteiger partial charge < -0.3 is 14.9 Å². The quantitative estimate of drug-likeness (QED) is 0.905. The minimum atomic E-state index is 0.321. The van der Waals surface area contributed by atoms with Gasteiger partial charge in [0, 0.05) is 26.2 Å². The first-order chi connectivity index (χ1) is 11.2. The number of aliphatic hydroxyl groups excluding tert-OH is 1. The Bertz CT molecular complexity index is 468. The molecule has 3 rings (SSSR count). The molecule has 0 saturated carbocycles. The molecule has 0 unspecified atom stereocenters. The molecule has 1 aromatic carbocycles. The fraction of sp³-hybridized carbons (Fsp3) is 0.700. The maximum absolute atomic E-state index is 9.03. The summed E-state index contributed by atoms with van der Waals surface area (Å²) in [5.74, 6) is 0.689. The summed E-state index contributed by atoms with van der Waals surface area (Å²) in [6.07, 6.45) is 4.90.